The van der Waals surface area contributed by atoms with Gasteiger partial charge in [0.2, 0.25) is 5.91 Å². The lowest BCUT2D eigenvalue weighted by molar-refractivity contribution is -0.132. The maximum Gasteiger partial charge on any atom is 0.227 e. The molecule has 2 aliphatic rings. The molecule has 1 saturated heterocycles. The van der Waals surface area contributed by atoms with E-state index in [9.17, 15) is 4.79 Å². The molecule has 0 atom stereocenters. The van der Waals surface area contributed by atoms with Gasteiger partial charge in [-0.15, -0.1) is 0 Å². The predicted molar refractivity (Wildman–Crippen MR) is 122 cm³/mol. The summed E-state index contributed by atoms with van der Waals surface area (Å²) in [6.45, 7) is 6.37. The summed E-state index contributed by atoms with van der Waals surface area (Å²) in [7, 11) is 0. The molecule has 1 aliphatic carbocycles. The lowest BCUT2D eigenvalue weighted by Gasteiger charge is -2.34. The van der Waals surface area contributed by atoms with Gasteiger partial charge >= 0.3 is 0 Å². The number of hydrogen-bond donors (Lipinski definition) is 0. The summed E-state index contributed by atoms with van der Waals surface area (Å²) >= 11 is 0. The third-order valence-corrected chi connectivity index (χ3v) is 6.72. The third kappa shape index (κ3) is 4.15. The number of rotatable bonds is 5. The van der Waals surface area contributed by atoms with Crippen LogP contribution >= 0.6 is 0 Å². The van der Waals surface area contributed by atoms with Crippen LogP contribution in [0.5, 0.6) is 0 Å². The Morgan fingerprint density at radius 2 is 1.68 bits per heavy atom. The first-order valence-corrected chi connectivity index (χ1v) is 11.4. The molecule has 2 aromatic carbocycles. The first kappa shape index (κ1) is 20.0. The van der Waals surface area contributed by atoms with Crippen molar-refractivity contribution in [1.29, 1.82) is 0 Å². The maximum atomic E-state index is 12.8. The number of nitrogens with zero attached hydrogens (tertiary/aromatic N) is 4. The molecule has 31 heavy (non-hydrogen) atoms. The molecule has 5 nitrogen and oxygen atoms in total. The molecule has 1 amide bonds. The number of benzene rings is 2. The fraction of sp³-hybridized carbons (Fsp3) is 0.385. The highest BCUT2D eigenvalue weighted by Crippen LogP contribution is 2.28. The van der Waals surface area contributed by atoms with E-state index in [-0.39, 0.29) is 5.91 Å². The average Bonchev–Trinajstić information content (AvgIpc) is 3.40. The molecule has 1 aromatic heterocycles. The number of aryl methyl sites for hydroxylation is 1. The summed E-state index contributed by atoms with van der Waals surface area (Å²) < 4.78 is 2.15. The number of carbonyl (C=O) groups excluding carboxylic acids is 1. The van der Waals surface area contributed by atoms with Gasteiger partial charge in [0.15, 0.2) is 0 Å². The van der Waals surface area contributed by atoms with Crippen LogP contribution in [0.2, 0.25) is 0 Å². The van der Waals surface area contributed by atoms with E-state index < -0.39 is 0 Å². The molecule has 0 bridgehead atoms. The zero-order chi connectivity index (χ0) is 21.2. The van der Waals surface area contributed by atoms with E-state index in [0.29, 0.717) is 6.42 Å². The number of fused-ring (bicyclic) bond motifs is 1. The SMILES string of the molecule is Cc1ccccc1CC(=O)N1CCN(Cc2nn(-c3ccccc3)c3c2CCC3)CC1. The van der Waals surface area contributed by atoms with Crippen molar-refractivity contribution in [3.05, 3.63) is 82.7 Å². The molecule has 1 aliphatic heterocycles. The van der Waals surface area contributed by atoms with E-state index in [1.807, 2.05) is 23.1 Å². The number of para-hydroxylation sites is 1. The number of hydrogen-bond acceptors (Lipinski definition) is 3. The van der Waals surface area contributed by atoms with Gasteiger partial charge in [0.05, 0.1) is 17.8 Å². The predicted octanol–water partition coefficient (Wildman–Crippen LogP) is 3.56. The normalized spacial score (nSPS) is 16.5. The fourth-order valence-electron chi connectivity index (χ4n) is 4.87. The minimum atomic E-state index is 0.239. The van der Waals surface area contributed by atoms with Crippen LogP contribution in [0.3, 0.4) is 0 Å². The highest BCUT2D eigenvalue weighted by Gasteiger charge is 2.26. The molecule has 1 fully saturated rings. The summed E-state index contributed by atoms with van der Waals surface area (Å²) in [5.41, 5.74) is 7.53. The van der Waals surface area contributed by atoms with Gasteiger partial charge in [0.1, 0.15) is 0 Å². The Morgan fingerprint density at radius 3 is 2.45 bits per heavy atom. The molecule has 0 saturated carbocycles. The van der Waals surface area contributed by atoms with Gasteiger partial charge in [-0.05, 0) is 55.0 Å². The van der Waals surface area contributed by atoms with Crippen molar-refractivity contribution in [2.24, 2.45) is 0 Å². The average molecular weight is 415 g/mol. The summed E-state index contributed by atoms with van der Waals surface area (Å²) in [5.74, 6) is 0.239. The minimum absolute atomic E-state index is 0.239. The Bertz CT molecular complexity index is 1060. The van der Waals surface area contributed by atoms with E-state index >= 15 is 0 Å². The Hall–Kier alpha value is -2.92. The highest BCUT2D eigenvalue weighted by atomic mass is 16.2. The Kier molecular flexibility index (Phi) is 5.60. The minimum Gasteiger partial charge on any atom is -0.340 e. The number of piperazine rings is 1. The second kappa shape index (κ2) is 8.67. The lowest BCUT2D eigenvalue weighted by atomic mass is 10.1. The van der Waals surface area contributed by atoms with E-state index in [2.05, 4.69) is 52.9 Å². The van der Waals surface area contributed by atoms with E-state index in [1.54, 1.807) is 0 Å². The number of carbonyl (C=O) groups is 1. The van der Waals surface area contributed by atoms with Gasteiger partial charge in [-0.3, -0.25) is 9.69 Å². The standard InChI is InChI=1S/C26H30N4O/c1-20-8-5-6-9-21(20)18-26(31)29-16-14-28(15-17-29)19-24-23-12-7-13-25(23)30(27-24)22-10-3-2-4-11-22/h2-6,8-11H,7,12-19H2,1H3. The monoisotopic (exact) mass is 414 g/mol. The molecule has 0 radical (unpaired) electrons. The van der Waals surface area contributed by atoms with Crippen molar-refractivity contribution in [1.82, 2.24) is 19.6 Å². The van der Waals surface area contributed by atoms with Crippen LogP contribution < -0.4 is 0 Å². The highest BCUT2D eigenvalue weighted by molar-refractivity contribution is 5.79. The van der Waals surface area contributed by atoms with Crippen LogP contribution in [0, 0.1) is 6.92 Å². The van der Waals surface area contributed by atoms with Crippen molar-refractivity contribution >= 4 is 5.91 Å². The van der Waals surface area contributed by atoms with Crippen molar-refractivity contribution in [3.63, 3.8) is 0 Å². The van der Waals surface area contributed by atoms with Gasteiger partial charge in [-0.25, -0.2) is 4.68 Å². The Morgan fingerprint density at radius 1 is 0.935 bits per heavy atom. The summed E-state index contributed by atoms with van der Waals surface area (Å²) in [4.78, 5) is 17.3. The Balaban J connectivity index is 1.22. The molecule has 5 rings (SSSR count). The second-order valence-electron chi connectivity index (χ2n) is 8.73. The van der Waals surface area contributed by atoms with Crippen LogP contribution in [0.15, 0.2) is 54.6 Å². The zero-order valence-electron chi connectivity index (χ0n) is 18.3. The number of aromatic nitrogens is 2. The van der Waals surface area contributed by atoms with Crippen molar-refractivity contribution in [3.8, 4) is 5.69 Å². The Labute approximate surface area is 184 Å². The van der Waals surface area contributed by atoms with E-state index in [4.69, 9.17) is 5.10 Å². The first-order chi connectivity index (χ1) is 15.2. The van der Waals surface area contributed by atoms with Gasteiger partial charge in [-0.1, -0.05) is 42.5 Å². The molecular formula is C26H30N4O. The molecule has 0 unspecified atom stereocenters. The van der Waals surface area contributed by atoms with Crippen LogP contribution in [0.4, 0.5) is 0 Å². The fourth-order valence-corrected chi connectivity index (χ4v) is 4.87. The summed E-state index contributed by atoms with van der Waals surface area (Å²) in [6, 6.07) is 18.6. The third-order valence-electron chi connectivity index (χ3n) is 6.72. The van der Waals surface area contributed by atoms with Gasteiger partial charge < -0.3 is 4.90 Å². The van der Waals surface area contributed by atoms with Crippen molar-refractivity contribution < 1.29 is 4.79 Å². The molecule has 5 heteroatoms. The van der Waals surface area contributed by atoms with Gasteiger partial charge in [0.25, 0.3) is 0 Å². The molecule has 0 spiro atoms. The van der Waals surface area contributed by atoms with E-state index in [0.717, 1.165) is 56.8 Å². The maximum absolute atomic E-state index is 12.8. The summed E-state index contributed by atoms with van der Waals surface area (Å²) in [5, 5.41) is 5.01. The van der Waals surface area contributed by atoms with Crippen molar-refractivity contribution in [2.75, 3.05) is 26.2 Å². The second-order valence-corrected chi connectivity index (χ2v) is 8.73. The quantitative estimate of drug-likeness (QED) is 0.641. The van der Waals surface area contributed by atoms with Gasteiger partial charge in [-0.2, -0.15) is 5.10 Å². The van der Waals surface area contributed by atoms with Crippen LogP contribution in [-0.2, 0) is 30.6 Å². The largest absolute Gasteiger partial charge is 0.340 e. The lowest BCUT2D eigenvalue weighted by Crippen LogP contribution is -2.48. The topological polar surface area (TPSA) is 41.4 Å². The van der Waals surface area contributed by atoms with Crippen molar-refractivity contribution in [2.45, 2.75) is 39.2 Å². The van der Waals surface area contributed by atoms with Crippen LogP contribution in [0.1, 0.15) is 34.5 Å². The molecular weight excluding hydrogens is 384 g/mol. The molecule has 2 heterocycles. The molecule has 3 aromatic rings. The van der Waals surface area contributed by atoms with Crippen LogP contribution in [-0.4, -0.2) is 51.7 Å². The van der Waals surface area contributed by atoms with Crippen LogP contribution in [0.25, 0.3) is 5.69 Å². The molecule has 0 N–H and O–H groups in total. The zero-order valence-corrected chi connectivity index (χ0v) is 18.3. The van der Waals surface area contributed by atoms with E-state index in [1.165, 1.54) is 28.9 Å². The first-order valence-electron chi connectivity index (χ1n) is 11.4. The smallest absolute Gasteiger partial charge is 0.227 e. The van der Waals surface area contributed by atoms with Gasteiger partial charge in [0, 0.05) is 38.4 Å². The number of amides is 1. The molecule has 160 valence electrons. The summed E-state index contributed by atoms with van der Waals surface area (Å²) in [6.07, 6.45) is 3.96.